The molecule has 0 saturated carbocycles. The van der Waals surface area contributed by atoms with Crippen LogP contribution in [0.4, 0.5) is 4.39 Å². The first-order valence-electron chi connectivity index (χ1n) is 2.98. The van der Waals surface area contributed by atoms with Crippen molar-refractivity contribution < 1.29 is 9.13 Å². The summed E-state index contributed by atoms with van der Waals surface area (Å²) in [5.74, 6) is -0.270. The van der Waals surface area contributed by atoms with Gasteiger partial charge < -0.3 is 10.1 Å². The predicted molar refractivity (Wildman–Crippen MR) is 32.4 cm³/mol. The molecular weight excluding hydrogens is 121 g/mol. The Balaban J connectivity index is 2.39. The minimum Gasteiger partial charge on any atom is -0.362 e. The van der Waals surface area contributed by atoms with Gasteiger partial charge >= 0.3 is 0 Å². The van der Waals surface area contributed by atoms with E-state index in [9.17, 15) is 4.39 Å². The maximum Gasteiger partial charge on any atom is 0.184 e. The Morgan fingerprint density at radius 3 is 3.11 bits per heavy atom. The normalized spacial score (nSPS) is 26.9. The van der Waals surface area contributed by atoms with Crippen LogP contribution in [0.15, 0.2) is 12.0 Å². The molecule has 1 unspecified atom stereocenters. The highest BCUT2D eigenvalue weighted by Gasteiger charge is 2.11. The highest BCUT2D eigenvalue weighted by atomic mass is 19.1. The number of hydrogen-bond acceptors (Lipinski definition) is 2. The first-order chi connectivity index (χ1) is 4.33. The van der Waals surface area contributed by atoms with Crippen LogP contribution in [0.2, 0.25) is 0 Å². The molecule has 0 aromatic heterocycles. The Labute approximate surface area is 53.7 Å². The van der Waals surface area contributed by atoms with Crippen molar-refractivity contribution in [2.45, 2.75) is 19.1 Å². The van der Waals surface area contributed by atoms with Crippen LogP contribution in [0.25, 0.3) is 0 Å². The molecule has 1 atom stereocenters. The maximum absolute atomic E-state index is 12.3. The van der Waals surface area contributed by atoms with E-state index >= 15 is 0 Å². The summed E-state index contributed by atoms with van der Waals surface area (Å²) in [4.78, 5) is 0. The van der Waals surface area contributed by atoms with E-state index in [1.807, 2.05) is 0 Å². The fourth-order valence-corrected chi connectivity index (χ4v) is 0.823. The monoisotopic (exact) mass is 131 g/mol. The summed E-state index contributed by atoms with van der Waals surface area (Å²) in [6.45, 7) is 0. The lowest BCUT2D eigenvalue weighted by atomic mass is 10.2. The average molecular weight is 131 g/mol. The van der Waals surface area contributed by atoms with Crippen LogP contribution in [0.1, 0.15) is 12.8 Å². The molecular formula is C6H10FNO. The lowest BCUT2D eigenvalue weighted by Gasteiger charge is -2.19. The Morgan fingerprint density at radius 1 is 1.89 bits per heavy atom. The maximum atomic E-state index is 12.3. The predicted octanol–water partition coefficient (Wildman–Crippen LogP) is 1.15. The third-order valence-electron chi connectivity index (χ3n) is 1.34. The third kappa shape index (κ3) is 1.68. The van der Waals surface area contributed by atoms with Crippen molar-refractivity contribution in [1.29, 1.82) is 0 Å². The van der Waals surface area contributed by atoms with Crippen molar-refractivity contribution >= 4 is 0 Å². The second-order valence-electron chi connectivity index (χ2n) is 2.00. The van der Waals surface area contributed by atoms with Gasteiger partial charge in [0.25, 0.3) is 0 Å². The van der Waals surface area contributed by atoms with E-state index in [1.54, 1.807) is 7.11 Å². The summed E-state index contributed by atoms with van der Waals surface area (Å²) < 4.78 is 17.2. The third-order valence-corrected chi connectivity index (χ3v) is 1.34. The fourth-order valence-electron chi connectivity index (χ4n) is 0.823. The standard InChI is InChI=1S/C6H10FNO/c1-9-6-4-2-3-5(7)8-6/h3,6,8H,2,4H2,1H3. The zero-order valence-electron chi connectivity index (χ0n) is 5.36. The van der Waals surface area contributed by atoms with Crippen molar-refractivity contribution in [3.63, 3.8) is 0 Å². The van der Waals surface area contributed by atoms with Gasteiger partial charge in [0.15, 0.2) is 5.95 Å². The van der Waals surface area contributed by atoms with Crippen LogP contribution < -0.4 is 5.32 Å². The van der Waals surface area contributed by atoms with Gasteiger partial charge in [0.1, 0.15) is 6.23 Å². The lowest BCUT2D eigenvalue weighted by molar-refractivity contribution is 0.0645. The number of hydrogen-bond donors (Lipinski definition) is 1. The molecule has 2 nitrogen and oxygen atoms in total. The number of halogens is 1. The molecule has 3 heteroatoms. The molecule has 0 aliphatic carbocycles. The van der Waals surface area contributed by atoms with Gasteiger partial charge in [-0.3, -0.25) is 0 Å². The number of rotatable bonds is 1. The molecule has 0 fully saturated rings. The minimum absolute atomic E-state index is 0.130. The average Bonchev–Trinajstić information content (AvgIpc) is 1.88. The van der Waals surface area contributed by atoms with E-state index in [4.69, 9.17) is 4.74 Å². The van der Waals surface area contributed by atoms with E-state index in [2.05, 4.69) is 5.32 Å². The molecule has 0 spiro atoms. The van der Waals surface area contributed by atoms with Gasteiger partial charge in [-0.2, -0.15) is 4.39 Å². The molecule has 1 N–H and O–H groups in total. The van der Waals surface area contributed by atoms with E-state index < -0.39 is 0 Å². The van der Waals surface area contributed by atoms with Crippen molar-refractivity contribution in [2.75, 3.05) is 7.11 Å². The lowest BCUT2D eigenvalue weighted by Crippen LogP contribution is -2.31. The number of nitrogens with one attached hydrogen (secondary N) is 1. The Bertz CT molecular complexity index is 124. The first-order valence-corrected chi connectivity index (χ1v) is 2.98. The summed E-state index contributed by atoms with van der Waals surface area (Å²) in [5, 5.41) is 2.54. The highest BCUT2D eigenvalue weighted by Crippen LogP contribution is 2.09. The zero-order valence-corrected chi connectivity index (χ0v) is 5.36. The molecule has 0 aromatic rings. The molecule has 1 aliphatic rings. The van der Waals surface area contributed by atoms with Crippen molar-refractivity contribution in [1.82, 2.24) is 5.32 Å². The molecule has 1 rings (SSSR count). The van der Waals surface area contributed by atoms with Gasteiger partial charge in [-0.1, -0.05) is 0 Å². The second-order valence-corrected chi connectivity index (χ2v) is 2.00. The number of methoxy groups -OCH3 is 1. The van der Waals surface area contributed by atoms with Gasteiger partial charge in [-0.15, -0.1) is 0 Å². The first kappa shape index (κ1) is 6.55. The molecule has 52 valence electrons. The van der Waals surface area contributed by atoms with Crippen LogP contribution >= 0.6 is 0 Å². The quantitative estimate of drug-likeness (QED) is 0.539. The van der Waals surface area contributed by atoms with E-state index in [1.165, 1.54) is 6.08 Å². The number of allylic oxidation sites excluding steroid dienone is 1. The summed E-state index contributed by atoms with van der Waals surface area (Å²) in [6, 6.07) is 0. The summed E-state index contributed by atoms with van der Waals surface area (Å²) >= 11 is 0. The minimum atomic E-state index is -0.270. The summed E-state index contributed by atoms with van der Waals surface area (Å²) in [5.41, 5.74) is 0. The Morgan fingerprint density at radius 2 is 2.67 bits per heavy atom. The Hall–Kier alpha value is -0.570. The highest BCUT2D eigenvalue weighted by molar-refractivity contribution is 4.94. The summed E-state index contributed by atoms with van der Waals surface area (Å²) in [7, 11) is 1.57. The second kappa shape index (κ2) is 2.82. The molecule has 0 amide bonds. The van der Waals surface area contributed by atoms with Crippen LogP contribution in [-0.4, -0.2) is 13.3 Å². The summed E-state index contributed by atoms with van der Waals surface area (Å²) in [6.07, 6.45) is 3.01. The molecule has 0 bridgehead atoms. The largest absolute Gasteiger partial charge is 0.362 e. The van der Waals surface area contributed by atoms with E-state index in [-0.39, 0.29) is 12.2 Å². The van der Waals surface area contributed by atoms with Crippen molar-refractivity contribution in [3.05, 3.63) is 12.0 Å². The molecule has 1 aliphatic heterocycles. The van der Waals surface area contributed by atoms with Gasteiger partial charge in [0.05, 0.1) is 0 Å². The van der Waals surface area contributed by atoms with E-state index in [0.717, 1.165) is 12.8 Å². The van der Waals surface area contributed by atoms with Crippen LogP contribution in [0.3, 0.4) is 0 Å². The van der Waals surface area contributed by atoms with Gasteiger partial charge in [0.2, 0.25) is 0 Å². The molecule has 0 radical (unpaired) electrons. The van der Waals surface area contributed by atoms with Gasteiger partial charge in [-0.05, 0) is 18.9 Å². The van der Waals surface area contributed by atoms with Crippen LogP contribution in [0, 0.1) is 0 Å². The van der Waals surface area contributed by atoms with Crippen molar-refractivity contribution in [2.24, 2.45) is 0 Å². The Kier molecular flexibility index (Phi) is 2.05. The smallest absolute Gasteiger partial charge is 0.184 e. The van der Waals surface area contributed by atoms with Gasteiger partial charge in [-0.25, -0.2) is 0 Å². The van der Waals surface area contributed by atoms with Crippen LogP contribution in [0.5, 0.6) is 0 Å². The molecule has 9 heavy (non-hydrogen) atoms. The molecule has 0 aromatic carbocycles. The zero-order chi connectivity index (χ0) is 6.69. The molecule has 0 saturated heterocycles. The van der Waals surface area contributed by atoms with E-state index in [0.29, 0.717) is 0 Å². The fraction of sp³-hybridized carbons (Fsp3) is 0.667. The van der Waals surface area contributed by atoms with Crippen LogP contribution in [-0.2, 0) is 4.74 Å². The molecule has 1 heterocycles. The van der Waals surface area contributed by atoms with Crippen molar-refractivity contribution in [3.8, 4) is 0 Å². The van der Waals surface area contributed by atoms with Gasteiger partial charge in [0, 0.05) is 7.11 Å². The number of ether oxygens (including phenoxy) is 1. The SMILES string of the molecule is COC1CCC=C(F)N1. The topological polar surface area (TPSA) is 21.3 Å².